The Bertz CT molecular complexity index is 810. The van der Waals surface area contributed by atoms with E-state index in [2.05, 4.69) is 56.9 Å². The highest BCUT2D eigenvalue weighted by molar-refractivity contribution is 7.05. The number of imidazole rings is 1. The molecule has 3 aromatic rings. The van der Waals surface area contributed by atoms with Crippen LogP contribution in [0.3, 0.4) is 0 Å². The third kappa shape index (κ3) is 2.94. The summed E-state index contributed by atoms with van der Waals surface area (Å²) in [5.74, 6) is 1.22. The van der Waals surface area contributed by atoms with Gasteiger partial charge >= 0.3 is 0 Å². The lowest BCUT2D eigenvalue weighted by atomic mass is 10.1. The molecule has 124 valence electrons. The fourth-order valence-corrected chi connectivity index (χ4v) is 3.88. The minimum Gasteiger partial charge on any atom is -0.378 e. The lowest BCUT2D eigenvalue weighted by Crippen LogP contribution is -2.08. The zero-order valence-corrected chi connectivity index (χ0v) is 14.8. The molecule has 0 bridgehead atoms. The minimum absolute atomic E-state index is 0.204. The number of nitrogens with zero attached hydrogens (tertiary/aromatic N) is 4. The summed E-state index contributed by atoms with van der Waals surface area (Å²) in [4.78, 5) is 5.97. The highest BCUT2D eigenvalue weighted by Crippen LogP contribution is 2.27. The van der Waals surface area contributed by atoms with Gasteiger partial charge in [-0.1, -0.05) is 16.6 Å². The molecule has 0 amide bonds. The Balaban J connectivity index is 1.50. The average Bonchev–Trinajstić information content (AvgIpc) is 3.21. The predicted molar refractivity (Wildman–Crippen MR) is 97.3 cm³/mol. The molecule has 0 saturated carbocycles. The molecule has 2 aromatic heterocycles. The quantitative estimate of drug-likeness (QED) is 0.773. The molecule has 0 spiro atoms. The van der Waals surface area contributed by atoms with Crippen LogP contribution in [0.4, 0.5) is 5.69 Å². The Hall–Kier alpha value is -2.21. The van der Waals surface area contributed by atoms with Crippen molar-refractivity contribution in [1.29, 1.82) is 0 Å². The van der Waals surface area contributed by atoms with Gasteiger partial charge in [0.05, 0.1) is 22.3 Å². The van der Waals surface area contributed by atoms with Crippen molar-refractivity contribution in [3.63, 3.8) is 0 Å². The average molecular weight is 339 g/mol. The van der Waals surface area contributed by atoms with Crippen LogP contribution in [-0.4, -0.2) is 19.1 Å². The van der Waals surface area contributed by atoms with Crippen molar-refractivity contribution in [3.8, 4) is 11.3 Å². The topological polar surface area (TPSA) is 55.6 Å². The van der Waals surface area contributed by atoms with Crippen molar-refractivity contribution < 1.29 is 0 Å². The molecule has 0 fully saturated rings. The van der Waals surface area contributed by atoms with Crippen molar-refractivity contribution in [2.24, 2.45) is 0 Å². The van der Waals surface area contributed by atoms with E-state index in [0.717, 1.165) is 30.0 Å². The molecule has 5 nitrogen and oxygen atoms in total. The minimum atomic E-state index is 0.204. The summed E-state index contributed by atoms with van der Waals surface area (Å²) < 4.78 is 6.31. The van der Waals surface area contributed by atoms with E-state index >= 15 is 0 Å². The fraction of sp³-hybridized carbons (Fsp3) is 0.389. The molecule has 1 unspecified atom stereocenters. The van der Waals surface area contributed by atoms with Crippen molar-refractivity contribution >= 4 is 17.2 Å². The van der Waals surface area contributed by atoms with E-state index in [1.807, 2.05) is 6.92 Å². The summed E-state index contributed by atoms with van der Waals surface area (Å²) in [5.41, 5.74) is 4.35. The number of aryl methyl sites for hydroxylation is 3. The lowest BCUT2D eigenvalue weighted by molar-refractivity contribution is 0.522. The van der Waals surface area contributed by atoms with E-state index in [-0.39, 0.29) is 6.04 Å². The SMILES string of the molecule is Cc1nnsc1C(C)Nc1ccc(-c2cn3c(n2)CCCC3)cc1. The van der Waals surface area contributed by atoms with Crippen LogP contribution in [0.2, 0.25) is 0 Å². The van der Waals surface area contributed by atoms with E-state index in [0.29, 0.717) is 0 Å². The Morgan fingerprint density at radius 2 is 2.04 bits per heavy atom. The Morgan fingerprint density at radius 1 is 1.21 bits per heavy atom. The van der Waals surface area contributed by atoms with E-state index in [1.54, 1.807) is 0 Å². The van der Waals surface area contributed by atoms with Crippen LogP contribution in [0.5, 0.6) is 0 Å². The van der Waals surface area contributed by atoms with Crippen LogP contribution < -0.4 is 5.32 Å². The first kappa shape index (κ1) is 15.3. The van der Waals surface area contributed by atoms with Gasteiger partial charge in [-0.3, -0.25) is 0 Å². The van der Waals surface area contributed by atoms with Gasteiger partial charge in [0.1, 0.15) is 5.82 Å². The van der Waals surface area contributed by atoms with Gasteiger partial charge < -0.3 is 9.88 Å². The molecule has 1 atom stereocenters. The van der Waals surface area contributed by atoms with Crippen LogP contribution >= 0.6 is 11.5 Å². The van der Waals surface area contributed by atoms with Crippen LogP contribution in [0, 0.1) is 6.92 Å². The maximum Gasteiger partial charge on any atom is 0.109 e. The van der Waals surface area contributed by atoms with Crippen LogP contribution in [0.1, 0.15) is 42.2 Å². The van der Waals surface area contributed by atoms with Gasteiger partial charge in [0.2, 0.25) is 0 Å². The molecule has 0 aliphatic carbocycles. The van der Waals surface area contributed by atoms with E-state index in [9.17, 15) is 0 Å². The molecule has 1 aliphatic heterocycles. The van der Waals surface area contributed by atoms with Crippen LogP contribution in [0.15, 0.2) is 30.5 Å². The third-order valence-corrected chi connectivity index (χ3v) is 5.56. The van der Waals surface area contributed by atoms with E-state index in [4.69, 9.17) is 4.98 Å². The summed E-state index contributed by atoms with van der Waals surface area (Å²) in [6, 6.07) is 8.72. The maximum atomic E-state index is 4.79. The number of nitrogens with one attached hydrogen (secondary N) is 1. The van der Waals surface area contributed by atoms with Gasteiger partial charge in [0.15, 0.2) is 0 Å². The highest BCUT2D eigenvalue weighted by Gasteiger charge is 2.14. The molecule has 0 saturated heterocycles. The fourth-order valence-electron chi connectivity index (χ4n) is 3.24. The number of anilines is 1. The van der Waals surface area contributed by atoms with Gasteiger partial charge in [0.25, 0.3) is 0 Å². The van der Waals surface area contributed by atoms with Gasteiger partial charge in [-0.15, -0.1) is 5.10 Å². The molecule has 4 rings (SSSR count). The zero-order valence-electron chi connectivity index (χ0n) is 14.0. The number of rotatable bonds is 4. The number of hydrogen-bond acceptors (Lipinski definition) is 5. The first-order valence-electron chi connectivity index (χ1n) is 8.42. The molecular weight excluding hydrogens is 318 g/mol. The molecule has 24 heavy (non-hydrogen) atoms. The van der Waals surface area contributed by atoms with Crippen molar-refractivity contribution in [3.05, 3.63) is 46.9 Å². The standard InChI is InChI=1S/C18H21N5S/c1-12(18-13(2)21-22-24-18)19-15-8-6-14(7-9-15)16-11-23-10-4-3-5-17(23)20-16/h6-9,11-12,19H,3-5,10H2,1-2H3. The molecule has 6 heteroatoms. The lowest BCUT2D eigenvalue weighted by Gasteiger charge is -2.14. The van der Waals surface area contributed by atoms with Gasteiger partial charge in [-0.2, -0.15) is 0 Å². The number of aromatic nitrogens is 4. The Labute approximate surface area is 145 Å². The molecule has 0 radical (unpaired) electrons. The summed E-state index contributed by atoms with van der Waals surface area (Å²) in [5, 5.41) is 7.60. The van der Waals surface area contributed by atoms with Crippen LogP contribution in [-0.2, 0) is 13.0 Å². The van der Waals surface area contributed by atoms with Gasteiger partial charge in [-0.25, -0.2) is 4.98 Å². The summed E-state index contributed by atoms with van der Waals surface area (Å²) in [7, 11) is 0. The number of fused-ring (bicyclic) bond motifs is 1. The largest absolute Gasteiger partial charge is 0.378 e. The monoisotopic (exact) mass is 339 g/mol. The second-order valence-electron chi connectivity index (χ2n) is 6.36. The van der Waals surface area contributed by atoms with E-state index < -0.39 is 0 Å². The normalized spacial score (nSPS) is 15.1. The third-order valence-electron chi connectivity index (χ3n) is 4.55. The summed E-state index contributed by atoms with van der Waals surface area (Å²) in [6.07, 6.45) is 5.80. The molecule has 1 N–H and O–H groups in total. The highest BCUT2D eigenvalue weighted by atomic mass is 32.1. The van der Waals surface area contributed by atoms with Crippen molar-refractivity contribution in [2.75, 3.05) is 5.32 Å². The molecule has 1 aromatic carbocycles. The van der Waals surface area contributed by atoms with Crippen molar-refractivity contribution in [1.82, 2.24) is 19.1 Å². The Kier molecular flexibility index (Phi) is 4.06. The smallest absolute Gasteiger partial charge is 0.109 e. The van der Waals surface area contributed by atoms with Crippen molar-refractivity contribution in [2.45, 2.75) is 45.7 Å². The maximum absolute atomic E-state index is 4.79. The number of benzene rings is 1. The zero-order chi connectivity index (χ0) is 16.5. The first-order valence-corrected chi connectivity index (χ1v) is 9.20. The second-order valence-corrected chi connectivity index (χ2v) is 7.14. The molecule has 3 heterocycles. The van der Waals surface area contributed by atoms with E-state index in [1.165, 1.54) is 40.6 Å². The predicted octanol–water partition coefficient (Wildman–Crippen LogP) is 4.22. The molecular formula is C18H21N5S. The summed E-state index contributed by atoms with van der Waals surface area (Å²) in [6.45, 7) is 5.24. The first-order chi connectivity index (χ1) is 11.7. The molecule has 1 aliphatic rings. The van der Waals surface area contributed by atoms with Gasteiger partial charge in [-0.05, 0) is 50.4 Å². The van der Waals surface area contributed by atoms with Crippen LogP contribution in [0.25, 0.3) is 11.3 Å². The second kappa shape index (κ2) is 6.36. The Morgan fingerprint density at radius 3 is 2.75 bits per heavy atom. The van der Waals surface area contributed by atoms with Gasteiger partial charge in [0, 0.05) is 30.4 Å². The number of hydrogen-bond donors (Lipinski definition) is 1. The summed E-state index contributed by atoms with van der Waals surface area (Å²) >= 11 is 1.46.